The summed E-state index contributed by atoms with van der Waals surface area (Å²) in [5.74, 6) is 1.53. The molecule has 0 aromatic rings. The first-order chi connectivity index (χ1) is 2.43. The van der Waals surface area contributed by atoms with Crippen LogP contribution in [-0.4, -0.2) is 12.7 Å². The van der Waals surface area contributed by atoms with Crippen molar-refractivity contribution < 1.29 is 4.74 Å². The summed E-state index contributed by atoms with van der Waals surface area (Å²) < 4.78 is 4.67. The summed E-state index contributed by atoms with van der Waals surface area (Å²) in [5, 5.41) is 0. The van der Waals surface area contributed by atoms with E-state index < -0.39 is 0 Å². The molecule has 1 aliphatic heterocycles. The van der Waals surface area contributed by atoms with E-state index in [-0.39, 0.29) is 6.10 Å². The Labute approximate surface area is 35.9 Å². The molecule has 1 radical (unpaired) electrons. The maximum atomic E-state index is 5.15. The van der Waals surface area contributed by atoms with Gasteiger partial charge in [0.1, 0.15) is 0 Å². The monoisotopic (exact) mass is 91.0 g/mol. The maximum absolute atomic E-state index is 5.15. The van der Waals surface area contributed by atoms with E-state index in [1.165, 1.54) is 5.88 Å². The average molecular weight is 91.5 g/mol. The molecule has 0 N–H and O–H groups in total. The van der Waals surface area contributed by atoms with E-state index in [2.05, 4.69) is 4.74 Å². The number of halogens is 1. The van der Waals surface area contributed by atoms with Crippen molar-refractivity contribution in [1.29, 1.82) is 0 Å². The zero-order chi connectivity index (χ0) is 3.70. The fourth-order valence-electron chi connectivity index (χ4n) is 0.128. The molecular formula is C3H4ClO. The summed E-state index contributed by atoms with van der Waals surface area (Å²) in [7, 11) is 0. The van der Waals surface area contributed by atoms with Gasteiger partial charge in [0.05, 0.1) is 18.6 Å². The quantitative estimate of drug-likeness (QED) is 0.435. The minimum atomic E-state index is 0.275. The molecule has 5 heavy (non-hydrogen) atoms. The highest BCUT2D eigenvalue weighted by molar-refractivity contribution is 6.23. The van der Waals surface area contributed by atoms with Crippen molar-refractivity contribution in [2.24, 2.45) is 0 Å². The second-order valence-corrected chi connectivity index (χ2v) is 1.25. The van der Waals surface area contributed by atoms with Gasteiger partial charge in [0, 0.05) is 0 Å². The molecule has 0 spiro atoms. The van der Waals surface area contributed by atoms with E-state index in [1.54, 1.807) is 0 Å². The molecule has 0 aromatic carbocycles. The van der Waals surface area contributed by atoms with Gasteiger partial charge in [0.15, 0.2) is 0 Å². The van der Waals surface area contributed by atoms with Crippen molar-refractivity contribution in [3.63, 3.8) is 0 Å². The van der Waals surface area contributed by atoms with E-state index in [4.69, 9.17) is 11.6 Å². The van der Waals surface area contributed by atoms with E-state index in [9.17, 15) is 0 Å². The van der Waals surface area contributed by atoms with Gasteiger partial charge in [0.25, 0.3) is 0 Å². The Morgan fingerprint density at radius 1 is 2.00 bits per heavy atom. The summed E-state index contributed by atoms with van der Waals surface area (Å²) in [4.78, 5) is 0. The van der Waals surface area contributed by atoms with Gasteiger partial charge in [-0.1, -0.05) is 0 Å². The Morgan fingerprint density at radius 2 is 2.60 bits per heavy atom. The second-order valence-electron chi connectivity index (χ2n) is 0.998. The summed E-state index contributed by atoms with van der Waals surface area (Å²) in [5.41, 5.74) is 0. The van der Waals surface area contributed by atoms with Crippen LogP contribution in [-0.2, 0) is 4.74 Å². The second kappa shape index (κ2) is 1.15. The van der Waals surface area contributed by atoms with E-state index in [1.807, 2.05) is 0 Å². The van der Waals surface area contributed by atoms with Gasteiger partial charge >= 0.3 is 0 Å². The van der Waals surface area contributed by atoms with Crippen LogP contribution in [0.25, 0.3) is 0 Å². The van der Waals surface area contributed by atoms with Gasteiger partial charge in [-0.15, -0.1) is 11.6 Å². The Bertz CT molecular complexity index is 33.9. The van der Waals surface area contributed by atoms with Crippen molar-refractivity contribution >= 4 is 11.6 Å². The number of hydrogen-bond acceptors (Lipinski definition) is 1. The Hall–Kier alpha value is 0.250. The highest BCUT2D eigenvalue weighted by Crippen LogP contribution is 2.13. The molecule has 0 bridgehead atoms. The third-order valence-corrected chi connectivity index (χ3v) is 0.781. The molecule has 29 valence electrons. The Balaban J connectivity index is 2.00. The standard InChI is InChI=1S/C3H4ClO/c4-1-3-2-5-3/h1,3H,2H2. The fourth-order valence-corrected chi connectivity index (χ4v) is 0.274. The van der Waals surface area contributed by atoms with Crippen LogP contribution >= 0.6 is 11.6 Å². The Kier molecular flexibility index (Phi) is 0.791. The van der Waals surface area contributed by atoms with Crippen LogP contribution in [0.3, 0.4) is 0 Å². The Morgan fingerprint density at radius 3 is 2.60 bits per heavy atom. The van der Waals surface area contributed by atoms with Crippen molar-refractivity contribution in [1.82, 2.24) is 0 Å². The van der Waals surface area contributed by atoms with Crippen LogP contribution in [0.1, 0.15) is 0 Å². The lowest BCUT2D eigenvalue weighted by molar-refractivity contribution is 0.436. The van der Waals surface area contributed by atoms with Crippen LogP contribution in [0.4, 0.5) is 0 Å². The lowest BCUT2D eigenvalue weighted by Gasteiger charge is -1.65. The van der Waals surface area contributed by atoms with Crippen molar-refractivity contribution in [2.45, 2.75) is 6.10 Å². The van der Waals surface area contributed by atoms with Crippen LogP contribution in [0.15, 0.2) is 0 Å². The lowest BCUT2D eigenvalue weighted by atomic mass is 10.6. The van der Waals surface area contributed by atoms with E-state index in [0.29, 0.717) is 0 Å². The predicted octanol–water partition coefficient (Wildman–Crippen LogP) is 0.786. The van der Waals surface area contributed by atoms with Gasteiger partial charge in [-0.3, -0.25) is 0 Å². The largest absolute Gasteiger partial charge is 0.371 e. The van der Waals surface area contributed by atoms with Crippen LogP contribution in [0, 0.1) is 5.88 Å². The first-order valence-electron chi connectivity index (χ1n) is 1.48. The topological polar surface area (TPSA) is 12.5 Å². The van der Waals surface area contributed by atoms with Crippen LogP contribution in [0.2, 0.25) is 0 Å². The van der Waals surface area contributed by atoms with Crippen molar-refractivity contribution in [3.05, 3.63) is 5.88 Å². The zero-order valence-electron chi connectivity index (χ0n) is 2.65. The van der Waals surface area contributed by atoms with E-state index >= 15 is 0 Å². The molecule has 1 saturated heterocycles. The average Bonchev–Trinajstić information content (AvgIpc) is 2.12. The van der Waals surface area contributed by atoms with Crippen molar-refractivity contribution in [3.8, 4) is 0 Å². The minimum Gasteiger partial charge on any atom is -0.371 e. The molecule has 1 unspecified atom stereocenters. The molecule has 1 rings (SSSR count). The smallest absolute Gasteiger partial charge is 0.0988 e. The number of ether oxygens (including phenoxy) is 1. The zero-order valence-corrected chi connectivity index (χ0v) is 3.40. The molecule has 1 aliphatic rings. The van der Waals surface area contributed by atoms with Gasteiger partial charge in [-0.05, 0) is 0 Å². The highest BCUT2D eigenvalue weighted by Gasteiger charge is 2.20. The van der Waals surface area contributed by atoms with Gasteiger partial charge < -0.3 is 4.74 Å². The molecule has 1 heterocycles. The van der Waals surface area contributed by atoms with Gasteiger partial charge in [0.2, 0.25) is 0 Å². The van der Waals surface area contributed by atoms with Gasteiger partial charge in [-0.25, -0.2) is 0 Å². The highest BCUT2D eigenvalue weighted by atomic mass is 35.5. The molecular weight excluding hydrogens is 87.5 g/mol. The molecule has 1 fully saturated rings. The first kappa shape index (κ1) is 3.44. The number of hydrogen-bond donors (Lipinski definition) is 0. The normalized spacial score (nSPS) is 34.2. The fraction of sp³-hybridized carbons (Fsp3) is 0.667. The third-order valence-electron chi connectivity index (χ3n) is 0.500. The molecule has 0 aromatic heterocycles. The molecule has 0 aliphatic carbocycles. The molecule has 0 amide bonds. The van der Waals surface area contributed by atoms with Crippen molar-refractivity contribution in [2.75, 3.05) is 6.61 Å². The summed E-state index contributed by atoms with van der Waals surface area (Å²) >= 11 is 5.15. The first-order valence-corrected chi connectivity index (χ1v) is 1.92. The third kappa shape index (κ3) is 0.781. The summed E-state index contributed by atoms with van der Waals surface area (Å²) in [6.07, 6.45) is 0.275. The molecule has 0 saturated carbocycles. The summed E-state index contributed by atoms with van der Waals surface area (Å²) in [6, 6.07) is 0. The number of rotatable bonds is 1. The molecule has 1 atom stereocenters. The molecule has 1 nitrogen and oxygen atoms in total. The van der Waals surface area contributed by atoms with E-state index in [0.717, 1.165) is 6.61 Å². The van der Waals surface area contributed by atoms with Gasteiger partial charge in [-0.2, -0.15) is 0 Å². The lowest BCUT2D eigenvalue weighted by Crippen LogP contribution is -1.71. The molecule has 2 heteroatoms. The number of epoxide rings is 1. The maximum Gasteiger partial charge on any atom is 0.0988 e. The SMILES string of the molecule is Cl[CH]C1CO1. The minimum absolute atomic E-state index is 0.275. The van der Waals surface area contributed by atoms with Crippen LogP contribution in [0.5, 0.6) is 0 Å². The summed E-state index contributed by atoms with van der Waals surface area (Å²) in [6.45, 7) is 0.823. The van der Waals surface area contributed by atoms with Crippen LogP contribution < -0.4 is 0 Å². The predicted molar refractivity (Wildman–Crippen MR) is 19.9 cm³/mol.